The molecule has 1 N–H and O–H groups in total. The molecule has 4 nitrogen and oxygen atoms in total. The number of rotatable bonds is 2. The summed E-state index contributed by atoms with van der Waals surface area (Å²) in [7, 11) is 1.64. The summed E-state index contributed by atoms with van der Waals surface area (Å²) >= 11 is 6.94. The average molecular weight is 399 g/mol. The lowest BCUT2D eigenvalue weighted by Gasteiger charge is -2.16. The molecule has 3 rings (SSSR count). The minimum atomic E-state index is -0.137. The summed E-state index contributed by atoms with van der Waals surface area (Å²) in [4.78, 5) is 11.9. The molecule has 0 amide bonds. The monoisotopic (exact) mass is 397 g/mol. The molecule has 1 aromatic carbocycles. The van der Waals surface area contributed by atoms with Crippen molar-refractivity contribution in [3.63, 3.8) is 0 Å². The Bertz CT molecular complexity index is 727. The van der Waals surface area contributed by atoms with Crippen LogP contribution < -0.4 is 10.9 Å². The Labute approximate surface area is 133 Å². The molecule has 0 bridgehead atoms. The van der Waals surface area contributed by atoms with Gasteiger partial charge in [0.1, 0.15) is 4.47 Å². The third-order valence-corrected chi connectivity index (χ3v) is 5.13. The number of anilines is 1. The van der Waals surface area contributed by atoms with E-state index < -0.39 is 0 Å². The van der Waals surface area contributed by atoms with Crippen molar-refractivity contribution in [1.82, 2.24) is 9.78 Å². The van der Waals surface area contributed by atoms with Gasteiger partial charge in [-0.1, -0.05) is 28.1 Å². The fourth-order valence-corrected chi connectivity index (χ4v) is 3.61. The van der Waals surface area contributed by atoms with E-state index in [1.807, 2.05) is 6.07 Å². The molecule has 0 saturated carbocycles. The highest BCUT2D eigenvalue weighted by Crippen LogP contribution is 2.38. The van der Waals surface area contributed by atoms with E-state index in [4.69, 9.17) is 0 Å². The topological polar surface area (TPSA) is 46.9 Å². The van der Waals surface area contributed by atoms with Crippen molar-refractivity contribution in [2.24, 2.45) is 7.05 Å². The van der Waals surface area contributed by atoms with Crippen molar-refractivity contribution in [1.29, 1.82) is 0 Å². The lowest BCUT2D eigenvalue weighted by Crippen LogP contribution is -2.22. The maximum absolute atomic E-state index is 11.9. The van der Waals surface area contributed by atoms with Crippen molar-refractivity contribution >= 4 is 37.5 Å². The van der Waals surface area contributed by atoms with Crippen molar-refractivity contribution < 1.29 is 0 Å². The normalized spacial score (nSPS) is 17.1. The first-order chi connectivity index (χ1) is 9.58. The van der Waals surface area contributed by atoms with Gasteiger partial charge in [-0.05, 0) is 46.0 Å². The Morgan fingerprint density at radius 1 is 1.40 bits per heavy atom. The Morgan fingerprint density at radius 2 is 2.20 bits per heavy atom. The lowest BCUT2D eigenvalue weighted by atomic mass is 10.1. The van der Waals surface area contributed by atoms with Gasteiger partial charge in [0.05, 0.1) is 17.9 Å². The van der Waals surface area contributed by atoms with Crippen LogP contribution in [0.4, 0.5) is 5.69 Å². The van der Waals surface area contributed by atoms with Gasteiger partial charge in [-0.3, -0.25) is 4.79 Å². The van der Waals surface area contributed by atoms with E-state index in [0.29, 0.717) is 4.47 Å². The number of nitrogens with zero attached hydrogens (tertiary/aromatic N) is 2. The number of aromatic nitrogens is 2. The molecule has 0 aliphatic heterocycles. The van der Waals surface area contributed by atoms with Crippen LogP contribution in [-0.4, -0.2) is 9.78 Å². The van der Waals surface area contributed by atoms with Crippen LogP contribution >= 0.6 is 31.9 Å². The summed E-state index contributed by atoms with van der Waals surface area (Å²) in [5.41, 5.74) is 3.23. The Hall–Kier alpha value is -1.14. The van der Waals surface area contributed by atoms with Crippen LogP contribution in [0.5, 0.6) is 0 Å². The first-order valence-corrected chi connectivity index (χ1v) is 7.92. The van der Waals surface area contributed by atoms with Crippen LogP contribution in [0.1, 0.15) is 23.6 Å². The molecule has 1 unspecified atom stereocenters. The fourth-order valence-electron chi connectivity index (χ4n) is 2.56. The molecular formula is C14H13Br2N3O. The lowest BCUT2D eigenvalue weighted by molar-refractivity contribution is 0.697. The highest BCUT2D eigenvalue weighted by Gasteiger charge is 2.24. The van der Waals surface area contributed by atoms with E-state index in [0.717, 1.165) is 23.0 Å². The Balaban J connectivity index is 1.94. The van der Waals surface area contributed by atoms with Gasteiger partial charge >= 0.3 is 0 Å². The maximum atomic E-state index is 11.9. The number of hydrogen-bond donors (Lipinski definition) is 1. The molecule has 6 heteroatoms. The summed E-state index contributed by atoms with van der Waals surface area (Å²) < 4.78 is 2.99. The zero-order valence-corrected chi connectivity index (χ0v) is 14.0. The fraction of sp³-hybridized carbons (Fsp3) is 0.286. The summed E-state index contributed by atoms with van der Waals surface area (Å²) in [5, 5.41) is 7.47. The van der Waals surface area contributed by atoms with Gasteiger partial charge in [-0.15, -0.1) is 0 Å². The highest BCUT2D eigenvalue weighted by atomic mass is 79.9. The molecule has 1 aliphatic rings. The zero-order valence-electron chi connectivity index (χ0n) is 10.9. The first-order valence-electron chi connectivity index (χ1n) is 6.33. The van der Waals surface area contributed by atoms with Crippen LogP contribution in [0.25, 0.3) is 0 Å². The number of aryl methyl sites for hydroxylation is 1. The minimum Gasteiger partial charge on any atom is -0.376 e. The van der Waals surface area contributed by atoms with Gasteiger partial charge in [0.15, 0.2) is 0 Å². The van der Waals surface area contributed by atoms with Crippen LogP contribution in [-0.2, 0) is 13.5 Å². The van der Waals surface area contributed by atoms with Gasteiger partial charge in [0, 0.05) is 11.5 Å². The number of benzene rings is 1. The summed E-state index contributed by atoms with van der Waals surface area (Å²) in [6, 6.07) is 6.46. The number of fused-ring (bicyclic) bond motifs is 1. The van der Waals surface area contributed by atoms with E-state index in [-0.39, 0.29) is 11.6 Å². The van der Waals surface area contributed by atoms with Crippen LogP contribution in [0, 0.1) is 0 Å². The van der Waals surface area contributed by atoms with Crippen LogP contribution in [0.3, 0.4) is 0 Å². The Morgan fingerprint density at radius 3 is 3.00 bits per heavy atom. The second-order valence-electron chi connectivity index (χ2n) is 4.84. The van der Waals surface area contributed by atoms with E-state index in [9.17, 15) is 4.79 Å². The predicted molar refractivity (Wildman–Crippen MR) is 86.0 cm³/mol. The smallest absolute Gasteiger partial charge is 0.282 e. The van der Waals surface area contributed by atoms with Crippen molar-refractivity contribution in [3.05, 3.63) is 54.8 Å². The predicted octanol–water partition coefficient (Wildman–Crippen LogP) is 3.40. The molecule has 2 aromatic rings. The molecule has 0 radical (unpaired) electrons. The SMILES string of the molecule is Cn1ncc(NC2CCc3c(Br)cccc32)c(Br)c1=O. The largest absolute Gasteiger partial charge is 0.376 e. The van der Waals surface area contributed by atoms with E-state index in [1.54, 1.807) is 13.2 Å². The third-order valence-electron chi connectivity index (χ3n) is 3.62. The summed E-state index contributed by atoms with van der Waals surface area (Å²) in [6.45, 7) is 0. The van der Waals surface area contributed by atoms with Crippen LogP contribution in [0.15, 0.2) is 38.1 Å². The summed E-state index contributed by atoms with van der Waals surface area (Å²) in [6.07, 6.45) is 3.73. The minimum absolute atomic E-state index is 0.137. The van der Waals surface area contributed by atoms with Gasteiger partial charge < -0.3 is 5.32 Å². The van der Waals surface area contributed by atoms with Crippen molar-refractivity contribution in [3.8, 4) is 0 Å². The zero-order chi connectivity index (χ0) is 14.3. The van der Waals surface area contributed by atoms with E-state index in [2.05, 4.69) is 54.4 Å². The molecule has 0 saturated heterocycles. The van der Waals surface area contributed by atoms with Gasteiger partial charge in [-0.2, -0.15) is 5.10 Å². The molecule has 0 spiro atoms. The molecule has 1 atom stereocenters. The molecule has 104 valence electrons. The Kier molecular flexibility index (Phi) is 3.69. The quantitative estimate of drug-likeness (QED) is 0.843. The molecule has 1 aromatic heterocycles. The molecule has 1 aliphatic carbocycles. The number of halogens is 2. The number of nitrogens with one attached hydrogen (secondary N) is 1. The molecule has 1 heterocycles. The van der Waals surface area contributed by atoms with Crippen molar-refractivity contribution in [2.45, 2.75) is 18.9 Å². The average Bonchev–Trinajstić information content (AvgIpc) is 2.84. The first kappa shape index (κ1) is 13.8. The molecular weight excluding hydrogens is 386 g/mol. The maximum Gasteiger partial charge on any atom is 0.282 e. The highest BCUT2D eigenvalue weighted by molar-refractivity contribution is 9.10. The van der Waals surface area contributed by atoms with Crippen LogP contribution in [0.2, 0.25) is 0 Å². The van der Waals surface area contributed by atoms with Crippen molar-refractivity contribution in [2.75, 3.05) is 5.32 Å². The summed E-state index contributed by atoms with van der Waals surface area (Å²) in [5.74, 6) is 0. The second-order valence-corrected chi connectivity index (χ2v) is 6.49. The van der Waals surface area contributed by atoms with E-state index in [1.165, 1.54) is 15.8 Å². The van der Waals surface area contributed by atoms with Gasteiger partial charge in [0.2, 0.25) is 0 Å². The standard InChI is InChI=1S/C14H13Br2N3O/c1-19-14(20)13(16)12(7-17-19)18-11-6-5-8-9(11)3-2-4-10(8)15/h2-4,7,11,18H,5-6H2,1H3. The second kappa shape index (κ2) is 5.33. The van der Waals surface area contributed by atoms with Gasteiger partial charge in [-0.25, -0.2) is 4.68 Å². The molecule has 0 fully saturated rings. The van der Waals surface area contributed by atoms with Gasteiger partial charge in [0.25, 0.3) is 5.56 Å². The third kappa shape index (κ3) is 2.31. The molecule has 20 heavy (non-hydrogen) atoms. The van der Waals surface area contributed by atoms with E-state index >= 15 is 0 Å². The number of hydrogen-bond acceptors (Lipinski definition) is 3.